The third-order valence-electron chi connectivity index (χ3n) is 3.61. The number of aliphatic hydroxyl groups is 1. The highest BCUT2D eigenvalue weighted by Crippen LogP contribution is 2.47. The molecule has 0 heterocycles. The van der Waals surface area contributed by atoms with Crippen molar-refractivity contribution < 1.29 is 9.84 Å². The fourth-order valence-corrected chi connectivity index (χ4v) is 2.11. The number of benzene rings is 1. The van der Waals surface area contributed by atoms with Gasteiger partial charge in [0.1, 0.15) is 5.75 Å². The van der Waals surface area contributed by atoms with Crippen LogP contribution in [-0.4, -0.2) is 18.3 Å². The first kappa shape index (κ1) is 11.5. The number of para-hydroxylation sites is 1. The molecule has 1 aromatic carbocycles. The molecule has 0 aromatic heterocycles. The van der Waals surface area contributed by atoms with Gasteiger partial charge in [0, 0.05) is 6.61 Å². The van der Waals surface area contributed by atoms with Gasteiger partial charge in [-0.15, -0.1) is 0 Å². The first-order chi connectivity index (χ1) is 7.74. The summed E-state index contributed by atoms with van der Waals surface area (Å²) in [5, 5.41) is 9.44. The Labute approximate surface area is 97.3 Å². The van der Waals surface area contributed by atoms with Gasteiger partial charge in [-0.2, -0.15) is 0 Å². The number of ether oxygens (including phenoxy) is 1. The lowest BCUT2D eigenvalue weighted by molar-refractivity contribution is 0.0913. The summed E-state index contributed by atoms with van der Waals surface area (Å²) in [5.41, 5.74) is 0.0643. The molecule has 1 N–H and O–H groups in total. The molecule has 0 saturated heterocycles. The first-order valence-electron chi connectivity index (χ1n) is 6.03. The fraction of sp³-hybridized carbons (Fsp3) is 0.571. The summed E-state index contributed by atoms with van der Waals surface area (Å²) in [5.74, 6) is 1.62. The van der Waals surface area contributed by atoms with E-state index in [0.717, 1.165) is 12.2 Å². The average molecular weight is 220 g/mol. The molecule has 2 nitrogen and oxygen atoms in total. The fourth-order valence-electron chi connectivity index (χ4n) is 2.11. The molecule has 1 aromatic rings. The van der Waals surface area contributed by atoms with Crippen LogP contribution in [0.2, 0.25) is 0 Å². The lowest BCUT2D eigenvalue weighted by atomic mass is 9.83. The Morgan fingerprint density at radius 1 is 1.31 bits per heavy atom. The lowest BCUT2D eigenvalue weighted by Crippen LogP contribution is -2.26. The molecule has 1 atom stereocenters. The smallest absolute Gasteiger partial charge is 0.119 e. The molecule has 0 spiro atoms. The van der Waals surface area contributed by atoms with Crippen LogP contribution in [0.5, 0.6) is 5.75 Å². The quantitative estimate of drug-likeness (QED) is 0.798. The van der Waals surface area contributed by atoms with Crippen molar-refractivity contribution in [2.24, 2.45) is 11.3 Å². The van der Waals surface area contributed by atoms with Crippen LogP contribution in [0.25, 0.3) is 0 Å². The molecule has 16 heavy (non-hydrogen) atoms. The van der Waals surface area contributed by atoms with Crippen molar-refractivity contribution in [2.75, 3.05) is 13.2 Å². The van der Waals surface area contributed by atoms with Crippen molar-refractivity contribution in [1.29, 1.82) is 0 Å². The number of aliphatic hydroxyl groups excluding tert-OH is 1. The SMILES string of the molecule is CC(CO)(CCOc1ccccc1)C1CC1. The second-order valence-electron chi connectivity index (χ2n) is 5.00. The van der Waals surface area contributed by atoms with E-state index in [1.807, 2.05) is 30.3 Å². The molecular weight excluding hydrogens is 200 g/mol. The van der Waals surface area contributed by atoms with E-state index in [0.29, 0.717) is 12.5 Å². The van der Waals surface area contributed by atoms with Crippen molar-refractivity contribution in [3.8, 4) is 5.75 Å². The van der Waals surface area contributed by atoms with Crippen molar-refractivity contribution in [2.45, 2.75) is 26.2 Å². The highest BCUT2D eigenvalue weighted by atomic mass is 16.5. The summed E-state index contributed by atoms with van der Waals surface area (Å²) in [4.78, 5) is 0. The normalized spacial score (nSPS) is 19.1. The Bertz CT molecular complexity index is 319. The molecule has 0 amide bonds. The van der Waals surface area contributed by atoms with Crippen LogP contribution in [0, 0.1) is 11.3 Å². The summed E-state index contributed by atoms with van der Waals surface area (Å²) >= 11 is 0. The van der Waals surface area contributed by atoms with E-state index in [4.69, 9.17) is 4.74 Å². The Hall–Kier alpha value is -1.02. The van der Waals surface area contributed by atoms with E-state index in [-0.39, 0.29) is 12.0 Å². The molecule has 88 valence electrons. The van der Waals surface area contributed by atoms with Gasteiger partial charge in [0.25, 0.3) is 0 Å². The van der Waals surface area contributed by atoms with Crippen LogP contribution in [0.3, 0.4) is 0 Å². The maximum absolute atomic E-state index is 9.44. The molecule has 1 aliphatic carbocycles. The maximum Gasteiger partial charge on any atom is 0.119 e. The Balaban J connectivity index is 1.79. The third-order valence-corrected chi connectivity index (χ3v) is 3.61. The number of hydrogen-bond acceptors (Lipinski definition) is 2. The van der Waals surface area contributed by atoms with E-state index in [2.05, 4.69) is 6.92 Å². The molecular formula is C14H20O2. The number of rotatable bonds is 6. The van der Waals surface area contributed by atoms with Gasteiger partial charge < -0.3 is 9.84 Å². The summed E-state index contributed by atoms with van der Waals surface area (Å²) in [6.45, 7) is 3.13. The second-order valence-corrected chi connectivity index (χ2v) is 5.00. The summed E-state index contributed by atoms with van der Waals surface area (Å²) < 4.78 is 5.67. The van der Waals surface area contributed by atoms with E-state index >= 15 is 0 Å². The minimum absolute atomic E-state index is 0.0643. The van der Waals surface area contributed by atoms with Gasteiger partial charge in [-0.3, -0.25) is 0 Å². The molecule has 1 unspecified atom stereocenters. The van der Waals surface area contributed by atoms with Crippen LogP contribution < -0.4 is 4.74 Å². The van der Waals surface area contributed by atoms with Crippen LogP contribution in [0.4, 0.5) is 0 Å². The molecule has 2 heteroatoms. The Morgan fingerprint density at radius 3 is 2.56 bits per heavy atom. The van der Waals surface area contributed by atoms with Gasteiger partial charge >= 0.3 is 0 Å². The molecule has 1 fully saturated rings. The van der Waals surface area contributed by atoms with Gasteiger partial charge in [-0.25, -0.2) is 0 Å². The van der Waals surface area contributed by atoms with E-state index in [9.17, 15) is 5.11 Å². The molecule has 1 saturated carbocycles. The van der Waals surface area contributed by atoms with Crippen molar-refractivity contribution >= 4 is 0 Å². The van der Waals surface area contributed by atoms with Gasteiger partial charge in [0.2, 0.25) is 0 Å². The largest absolute Gasteiger partial charge is 0.494 e. The highest BCUT2D eigenvalue weighted by Gasteiger charge is 2.40. The van der Waals surface area contributed by atoms with Crippen molar-refractivity contribution in [1.82, 2.24) is 0 Å². The second kappa shape index (κ2) is 4.88. The van der Waals surface area contributed by atoms with Crippen LogP contribution in [-0.2, 0) is 0 Å². The van der Waals surface area contributed by atoms with Crippen LogP contribution >= 0.6 is 0 Å². The van der Waals surface area contributed by atoms with Crippen molar-refractivity contribution in [3.05, 3.63) is 30.3 Å². The monoisotopic (exact) mass is 220 g/mol. The molecule has 0 radical (unpaired) electrons. The maximum atomic E-state index is 9.44. The van der Waals surface area contributed by atoms with Gasteiger partial charge in [0.05, 0.1) is 6.61 Å². The predicted octanol–water partition coefficient (Wildman–Crippen LogP) is 2.86. The van der Waals surface area contributed by atoms with Gasteiger partial charge in [-0.05, 0) is 42.7 Å². The highest BCUT2D eigenvalue weighted by molar-refractivity contribution is 5.20. The Kier molecular flexibility index (Phi) is 3.49. The van der Waals surface area contributed by atoms with Crippen LogP contribution in [0.15, 0.2) is 30.3 Å². The third kappa shape index (κ3) is 2.76. The zero-order valence-electron chi connectivity index (χ0n) is 9.86. The molecule has 1 aliphatic rings. The minimum atomic E-state index is 0.0643. The van der Waals surface area contributed by atoms with Crippen LogP contribution in [0.1, 0.15) is 26.2 Å². The van der Waals surface area contributed by atoms with E-state index in [1.54, 1.807) is 0 Å². The van der Waals surface area contributed by atoms with Crippen molar-refractivity contribution in [3.63, 3.8) is 0 Å². The standard InChI is InChI=1S/C14H20O2/c1-14(11-15,12-7-8-12)9-10-16-13-5-3-2-4-6-13/h2-6,12,15H,7-11H2,1H3. The van der Waals surface area contributed by atoms with Gasteiger partial charge in [0.15, 0.2) is 0 Å². The molecule has 0 bridgehead atoms. The van der Waals surface area contributed by atoms with E-state index in [1.165, 1.54) is 12.8 Å². The molecule has 2 rings (SSSR count). The molecule has 0 aliphatic heterocycles. The lowest BCUT2D eigenvalue weighted by Gasteiger charge is -2.27. The zero-order valence-corrected chi connectivity index (χ0v) is 9.86. The Morgan fingerprint density at radius 2 is 2.00 bits per heavy atom. The first-order valence-corrected chi connectivity index (χ1v) is 6.03. The summed E-state index contributed by atoms with van der Waals surface area (Å²) in [6.07, 6.45) is 3.47. The summed E-state index contributed by atoms with van der Waals surface area (Å²) in [7, 11) is 0. The zero-order chi connectivity index (χ0) is 11.4. The van der Waals surface area contributed by atoms with Gasteiger partial charge in [-0.1, -0.05) is 25.1 Å². The van der Waals surface area contributed by atoms with E-state index < -0.39 is 0 Å². The minimum Gasteiger partial charge on any atom is -0.494 e. The average Bonchev–Trinajstić information content (AvgIpc) is 3.14. The predicted molar refractivity (Wildman–Crippen MR) is 64.5 cm³/mol. The number of hydrogen-bond donors (Lipinski definition) is 1. The topological polar surface area (TPSA) is 29.5 Å². The summed E-state index contributed by atoms with van der Waals surface area (Å²) in [6, 6.07) is 9.86.